The smallest absolute Gasteiger partial charge is 0.0741 e. The zero-order chi connectivity index (χ0) is 6.85. The summed E-state index contributed by atoms with van der Waals surface area (Å²) < 4.78 is 0. The van der Waals surface area contributed by atoms with E-state index in [1.807, 2.05) is 6.92 Å². The second-order valence-corrected chi connectivity index (χ2v) is 2.79. The van der Waals surface area contributed by atoms with Gasteiger partial charge in [-0.25, -0.2) is 0 Å². The Balaban J connectivity index is 2.41. The van der Waals surface area contributed by atoms with Crippen molar-refractivity contribution < 1.29 is 5.11 Å². The third-order valence-corrected chi connectivity index (χ3v) is 1.87. The van der Waals surface area contributed by atoms with Crippen molar-refractivity contribution in [2.24, 2.45) is 11.7 Å². The van der Waals surface area contributed by atoms with Gasteiger partial charge in [0.15, 0.2) is 0 Å². The number of hydrogen-bond acceptors (Lipinski definition) is 3. The summed E-state index contributed by atoms with van der Waals surface area (Å²) in [7, 11) is 0. The fourth-order valence-corrected chi connectivity index (χ4v) is 1.14. The van der Waals surface area contributed by atoms with Gasteiger partial charge in [0.2, 0.25) is 0 Å². The number of hydrogen-bond donors (Lipinski definition) is 3. The third kappa shape index (κ3) is 1.41. The number of piperidine rings is 1. The largest absolute Gasteiger partial charge is 0.391 e. The molecule has 1 aliphatic rings. The lowest BCUT2D eigenvalue weighted by atomic mass is 9.95. The van der Waals surface area contributed by atoms with E-state index in [0.717, 1.165) is 13.1 Å². The number of rotatable bonds is 0. The van der Waals surface area contributed by atoms with Gasteiger partial charge in [0.25, 0.3) is 0 Å². The minimum absolute atomic E-state index is 0.0752. The monoisotopic (exact) mass is 130 g/mol. The Kier molecular flexibility index (Phi) is 2.05. The van der Waals surface area contributed by atoms with Crippen LogP contribution in [0.15, 0.2) is 0 Å². The highest BCUT2D eigenvalue weighted by molar-refractivity contribution is 4.84. The quantitative estimate of drug-likeness (QED) is 0.390. The molecule has 0 radical (unpaired) electrons. The first-order chi connectivity index (χ1) is 4.22. The first kappa shape index (κ1) is 6.99. The average Bonchev–Trinajstić information content (AvgIpc) is 1.83. The van der Waals surface area contributed by atoms with Crippen molar-refractivity contribution in [1.82, 2.24) is 5.32 Å². The standard InChI is InChI=1S/C6H14N2O/c1-4-2-8-3-5(7)6(4)9/h4-6,8-9H,2-3,7H2,1H3/t4-,5-,6+/m1/s1. The maximum absolute atomic E-state index is 9.28. The van der Waals surface area contributed by atoms with Crippen LogP contribution in [0.25, 0.3) is 0 Å². The number of nitrogens with two attached hydrogens (primary N) is 1. The summed E-state index contributed by atoms with van der Waals surface area (Å²) in [5.41, 5.74) is 5.56. The molecular formula is C6H14N2O. The summed E-state index contributed by atoms with van der Waals surface area (Å²) in [5, 5.41) is 12.4. The summed E-state index contributed by atoms with van der Waals surface area (Å²) in [6.45, 7) is 3.62. The number of nitrogens with one attached hydrogen (secondary N) is 1. The van der Waals surface area contributed by atoms with Crippen LogP contribution in [-0.4, -0.2) is 30.3 Å². The topological polar surface area (TPSA) is 58.3 Å². The van der Waals surface area contributed by atoms with Gasteiger partial charge < -0.3 is 16.2 Å². The molecule has 4 N–H and O–H groups in total. The van der Waals surface area contributed by atoms with Crippen molar-refractivity contribution in [3.05, 3.63) is 0 Å². The van der Waals surface area contributed by atoms with E-state index >= 15 is 0 Å². The molecule has 3 heteroatoms. The lowest BCUT2D eigenvalue weighted by molar-refractivity contribution is 0.0694. The molecule has 0 aliphatic carbocycles. The van der Waals surface area contributed by atoms with Crippen LogP contribution in [0.3, 0.4) is 0 Å². The summed E-state index contributed by atoms with van der Waals surface area (Å²) in [6, 6.07) is -0.0752. The highest BCUT2D eigenvalue weighted by atomic mass is 16.3. The normalized spacial score (nSPS) is 45.0. The molecule has 0 saturated carbocycles. The van der Waals surface area contributed by atoms with Gasteiger partial charge in [0.1, 0.15) is 0 Å². The zero-order valence-electron chi connectivity index (χ0n) is 5.67. The van der Waals surface area contributed by atoms with Gasteiger partial charge in [-0.1, -0.05) is 6.92 Å². The van der Waals surface area contributed by atoms with Crippen LogP contribution in [0, 0.1) is 5.92 Å². The summed E-state index contributed by atoms with van der Waals surface area (Å²) in [4.78, 5) is 0. The van der Waals surface area contributed by atoms with Crippen LogP contribution in [0.5, 0.6) is 0 Å². The Bertz CT molecular complexity index is 87.1. The highest BCUT2D eigenvalue weighted by Crippen LogP contribution is 2.08. The molecule has 9 heavy (non-hydrogen) atoms. The molecule has 0 aromatic carbocycles. The Morgan fingerprint density at radius 2 is 2.22 bits per heavy atom. The van der Waals surface area contributed by atoms with Crippen molar-refractivity contribution in [3.63, 3.8) is 0 Å². The summed E-state index contributed by atoms with van der Waals surface area (Å²) in [6.07, 6.45) is -0.314. The second kappa shape index (κ2) is 2.64. The van der Waals surface area contributed by atoms with E-state index < -0.39 is 0 Å². The van der Waals surface area contributed by atoms with Crippen molar-refractivity contribution >= 4 is 0 Å². The lowest BCUT2D eigenvalue weighted by Crippen LogP contribution is -2.53. The van der Waals surface area contributed by atoms with E-state index in [0.29, 0.717) is 5.92 Å². The van der Waals surface area contributed by atoms with Crippen molar-refractivity contribution in [3.8, 4) is 0 Å². The average molecular weight is 130 g/mol. The van der Waals surface area contributed by atoms with Crippen LogP contribution >= 0.6 is 0 Å². The predicted octanol–water partition coefficient (Wildman–Crippen LogP) is -1.09. The zero-order valence-corrected chi connectivity index (χ0v) is 5.67. The molecule has 0 unspecified atom stereocenters. The molecule has 0 amide bonds. The lowest BCUT2D eigenvalue weighted by Gasteiger charge is -2.30. The Morgan fingerprint density at radius 1 is 1.56 bits per heavy atom. The van der Waals surface area contributed by atoms with Gasteiger partial charge in [-0.2, -0.15) is 0 Å². The molecule has 3 atom stereocenters. The van der Waals surface area contributed by atoms with Gasteiger partial charge >= 0.3 is 0 Å². The molecule has 0 spiro atoms. The molecule has 0 bridgehead atoms. The van der Waals surface area contributed by atoms with E-state index in [2.05, 4.69) is 5.32 Å². The molecule has 0 aromatic heterocycles. The minimum atomic E-state index is -0.314. The SMILES string of the molecule is C[C@@H]1CNC[C@@H](N)[C@H]1O. The molecule has 1 heterocycles. The van der Waals surface area contributed by atoms with Crippen molar-refractivity contribution in [1.29, 1.82) is 0 Å². The van der Waals surface area contributed by atoms with Crippen LogP contribution in [0.2, 0.25) is 0 Å². The van der Waals surface area contributed by atoms with Gasteiger partial charge in [-0.15, -0.1) is 0 Å². The Labute approximate surface area is 55.2 Å². The van der Waals surface area contributed by atoms with E-state index in [9.17, 15) is 5.11 Å². The van der Waals surface area contributed by atoms with Crippen molar-refractivity contribution in [2.45, 2.75) is 19.1 Å². The maximum Gasteiger partial charge on any atom is 0.0741 e. The minimum Gasteiger partial charge on any atom is -0.391 e. The molecule has 1 saturated heterocycles. The van der Waals surface area contributed by atoms with Crippen LogP contribution in [0.4, 0.5) is 0 Å². The molecule has 54 valence electrons. The maximum atomic E-state index is 9.28. The second-order valence-electron chi connectivity index (χ2n) is 2.79. The molecule has 1 aliphatic heterocycles. The molecule has 1 rings (SSSR count). The van der Waals surface area contributed by atoms with E-state index in [4.69, 9.17) is 5.73 Å². The van der Waals surface area contributed by atoms with Crippen LogP contribution in [-0.2, 0) is 0 Å². The van der Waals surface area contributed by atoms with Crippen molar-refractivity contribution in [2.75, 3.05) is 13.1 Å². The van der Waals surface area contributed by atoms with Crippen LogP contribution in [0.1, 0.15) is 6.92 Å². The fraction of sp³-hybridized carbons (Fsp3) is 1.00. The number of aliphatic hydroxyl groups excluding tert-OH is 1. The molecule has 0 aromatic rings. The Morgan fingerprint density at radius 3 is 2.67 bits per heavy atom. The third-order valence-electron chi connectivity index (χ3n) is 1.87. The van der Waals surface area contributed by atoms with Gasteiger partial charge in [0.05, 0.1) is 6.10 Å². The van der Waals surface area contributed by atoms with Gasteiger partial charge in [0, 0.05) is 19.1 Å². The summed E-state index contributed by atoms with van der Waals surface area (Å²) >= 11 is 0. The molecule has 3 nitrogen and oxygen atoms in total. The molecule has 1 fully saturated rings. The van der Waals surface area contributed by atoms with Crippen LogP contribution < -0.4 is 11.1 Å². The first-order valence-electron chi connectivity index (χ1n) is 3.36. The Hall–Kier alpha value is -0.120. The summed E-state index contributed by atoms with van der Waals surface area (Å²) in [5.74, 6) is 0.300. The first-order valence-corrected chi connectivity index (χ1v) is 3.36. The highest BCUT2D eigenvalue weighted by Gasteiger charge is 2.25. The molecular weight excluding hydrogens is 116 g/mol. The fourth-order valence-electron chi connectivity index (χ4n) is 1.14. The van der Waals surface area contributed by atoms with Gasteiger partial charge in [-0.05, 0) is 5.92 Å². The predicted molar refractivity (Wildman–Crippen MR) is 36.0 cm³/mol. The van der Waals surface area contributed by atoms with E-state index in [-0.39, 0.29) is 12.1 Å². The van der Waals surface area contributed by atoms with Gasteiger partial charge in [-0.3, -0.25) is 0 Å². The van der Waals surface area contributed by atoms with E-state index in [1.165, 1.54) is 0 Å². The number of aliphatic hydroxyl groups is 1. The van der Waals surface area contributed by atoms with E-state index in [1.54, 1.807) is 0 Å².